The number of aryl methyl sites for hydroxylation is 1. The van der Waals surface area contributed by atoms with Crippen molar-refractivity contribution in [3.05, 3.63) is 65.2 Å². The first-order valence-electron chi connectivity index (χ1n) is 8.78. The zero-order valence-corrected chi connectivity index (χ0v) is 17.4. The molecule has 1 N–H and O–H groups in total. The van der Waals surface area contributed by atoms with Crippen molar-refractivity contribution in [3.8, 4) is 11.5 Å². The molecule has 0 bridgehead atoms. The highest BCUT2D eigenvalue weighted by atomic mass is 32.2. The number of benzene rings is 2. The molecule has 0 saturated heterocycles. The summed E-state index contributed by atoms with van der Waals surface area (Å²) in [6.07, 6.45) is 0. The lowest BCUT2D eigenvalue weighted by Gasteiger charge is -2.12. The highest BCUT2D eigenvalue weighted by molar-refractivity contribution is 7.92. The lowest BCUT2D eigenvalue weighted by molar-refractivity contribution is 0.354. The van der Waals surface area contributed by atoms with E-state index in [0.717, 1.165) is 5.56 Å². The van der Waals surface area contributed by atoms with Gasteiger partial charge in [-0.2, -0.15) is 5.10 Å². The zero-order chi connectivity index (χ0) is 21.2. The van der Waals surface area contributed by atoms with Crippen molar-refractivity contribution in [1.29, 1.82) is 0 Å². The topological polar surface area (TPSA) is 82.5 Å². The van der Waals surface area contributed by atoms with E-state index in [2.05, 4.69) is 9.82 Å². The van der Waals surface area contributed by atoms with Crippen LogP contribution in [0.25, 0.3) is 0 Å². The number of ether oxygens (including phenoxy) is 2. The summed E-state index contributed by atoms with van der Waals surface area (Å²) < 4.78 is 53.5. The third-order valence-corrected chi connectivity index (χ3v) is 5.88. The molecule has 0 atom stereocenters. The fraction of sp³-hybridized carbons (Fsp3) is 0.250. The van der Waals surface area contributed by atoms with Crippen LogP contribution in [0, 0.1) is 19.7 Å². The molecular weight excluding hydrogens is 397 g/mol. The fourth-order valence-electron chi connectivity index (χ4n) is 2.94. The Morgan fingerprint density at radius 3 is 2.31 bits per heavy atom. The number of hydrogen-bond donors (Lipinski definition) is 1. The van der Waals surface area contributed by atoms with Crippen molar-refractivity contribution in [2.75, 3.05) is 18.9 Å². The summed E-state index contributed by atoms with van der Waals surface area (Å²) in [5, 5.41) is 4.42. The molecule has 0 aliphatic rings. The van der Waals surface area contributed by atoms with Gasteiger partial charge in [-0.05, 0) is 43.7 Å². The van der Waals surface area contributed by atoms with Gasteiger partial charge in [-0.3, -0.25) is 9.40 Å². The molecule has 0 aliphatic carbocycles. The minimum absolute atomic E-state index is 0.0419. The lowest BCUT2D eigenvalue weighted by Crippen LogP contribution is -2.14. The Balaban J connectivity index is 1.89. The van der Waals surface area contributed by atoms with E-state index in [1.165, 1.54) is 44.6 Å². The molecule has 0 radical (unpaired) electrons. The Labute approximate surface area is 169 Å². The van der Waals surface area contributed by atoms with E-state index in [4.69, 9.17) is 9.47 Å². The molecule has 0 unspecified atom stereocenters. The number of rotatable bonds is 7. The number of methoxy groups -OCH3 is 2. The van der Waals surface area contributed by atoms with Gasteiger partial charge in [0.1, 0.15) is 5.82 Å². The summed E-state index contributed by atoms with van der Waals surface area (Å²) >= 11 is 0. The number of anilines is 1. The van der Waals surface area contributed by atoms with Crippen LogP contribution in [0.4, 0.5) is 10.1 Å². The van der Waals surface area contributed by atoms with Crippen LogP contribution in [-0.4, -0.2) is 32.4 Å². The first-order chi connectivity index (χ1) is 13.7. The van der Waals surface area contributed by atoms with Crippen LogP contribution in [0.5, 0.6) is 11.5 Å². The molecule has 3 rings (SSSR count). The monoisotopic (exact) mass is 419 g/mol. The van der Waals surface area contributed by atoms with Gasteiger partial charge in [0.05, 0.1) is 42.7 Å². The van der Waals surface area contributed by atoms with Gasteiger partial charge in [0.2, 0.25) is 0 Å². The van der Waals surface area contributed by atoms with E-state index < -0.39 is 10.0 Å². The Kier molecular flexibility index (Phi) is 5.78. The molecule has 0 amide bonds. The van der Waals surface area contributed by atoms with E-state index >= 15 is 0 Å². The van der Waals surface area contributed by atoms with Gasteiger partial charge in [0.15, 0.2) is 11.5 Å². The summed E-state index contributed by atoms with van der Waals surface area (Å²) in [5.41, 5.74) is 2.44. The SMILES string of the molecule is COc1ccc(S(=O)(=O)Nc2c(C)nn(Cc3ccc(F)cc3)c2C)cc1OC. The molecule has 7 nitrogen and oxygen atoms in total. The quantitative estimate of drug-likeness (QED) is 0.634. The summed E-state index contributed by atoms with van der Waals surface area (Å²) in [4.78, 5) is 0.0419. The maximum atomic E-state index is 13.1. The number of hydrogen-bond acceptors (Lipinski definition) is 5. The van der Waals surface area contributed by atoms with E-state index in [0.29, 0.717) is 35.1 Å². The third-order valence-electron chi connectivity index (χ3n) is 4.53. The van der Waals surface area contributed by atoms with Gasteiger partial charge in [-0.1, -0.05) is 12.1 Å². The van der Waals surface area contributed by atoms with Crippen molar-refractivity contribution in [3.63, 3.8) is 0 Å². The molecule has 0 fully saturated rings. The summed E-state index contributed by atoms with van der Waals surface area (Å²) in [6, 6.07) is 10.5. The van der Waals surface area contributed by atoms with Gasteiger partial charge < -0.3 is 9.47 Å². The molecule has 0 saturated carbocycles. The van der Waals surface area contributed by atoms with Crippen molar-refractivity contribution in [2.45, 2.75) is 25.3 Å². The van der Waals surface area contributed by atoms with Crippen molar-refractivity contribution in [1.82, 2.24) is 9.78 Å². The average molecular weight is 419 g/mol. The maximum absolute atomic E-state index is 13.1. The number of aromatic nitrogens is 2. The van der Waals surface area contributed by atoms with Crippen molar-refractivity contribution >= 4 is 15.7 Å². The van der Waals surface area contributed by atoms with Gasteiger partial charge in [-0.15, -0.1) is 0 Å². The van der Waals surface area contributed by atoms with Crippen LogP contribution in [-0.2, 0) is 16.6 Å². The number of halogens is 1. The molecule has 2 aromatic carbocycles. The van der Waals surface area contributed by atoms with Crippen LogP contribution in [0.2, 0.25) is 0 Å². The maximum Gasteiger partial charge on any atom is 0.262 e. The van der Waals surface area contributed by atoms with E-state index in [-0.39, 0.29) is 10.7 Å². The fourth-order valence-corrected chi connectivity index (χ4v) is 4.13. The molecule has 0 spiro atoms. The van der Waals surface area contributed by atoms with Gasteiger partial charge in [0, 0.05) is 6.07 Å². The summed E-state index contributed by atoms with van der Waals surface area (Å²) in [7, 11) is -0.951. The van der Waals surface area contributed by atoms with Crippen LogP contribution in [0.15, 0.2) is 47.4 Å². The molecule has 1 aromatic heterocycles. The molecule has 3 aromatic rings. The second-order valence-electron chi connectivity index (χ2n) is 6.45. The van der Waals surface area contributed by atoms with E-state index in [1.807, 2.05) is 0 Å². The van der Waals surface area contributed by atoms with Gasteiger partial charge >= 0.3 is 0 Å². The number of nitrogens with one attached hydrogen (secondary N) is 1. The summed E-state index contributed by atoms with van der Waals surface area (Å²) in [5.74, 6) is 0.437. The lowest BCUT2D eigenvalue weighted by atomic mass is 10.2. The standard InChI is InChI=1S/C20H22FN3O4S/c1-13-20(14(2)24(22-13)12-15-5-7-16(21)8-6-15)23-29(25,26)17-9-10-18(27-3)19(11-17)28-4/h5-11,23H,12H2,1-4H3. The minimum Gasteiger partial charge on any atom is -0.493 e. The smallest absolute Gasteiger partial charge is 0.262 e. The Morgan fingerprint density at radius 2 is 1.69 bits per heavy atom. The highest BCUT2D eigenvalue weighted by Crippen LogP contribution is 2.31. The molecular formula is C20H22FN3O4S. The van der Waals surface area contributed by atoms with Crippen molar-refractivity contribution in [2.24, 2.45) is 0 Å². The first kappa shape index (κ1) is 20.7. The molecule has 0 aliphatic heterocycles. The molecule has 1 heterocycles. The Hall–Kier alpha value is -3.07. The van der Waals surface area contributed by atoms with E-state index in [9.17, 15) is 12.8 Å². The molecule has 9 heteroatoms. The largest absolute Gasteiger partial charge is 0.493 e. The highest BCUT2D eigenvalue weighted by Gasteiger charge is 2.21. The number of nitrogens with zero attached hydrogens (tertiary/aromatic N) is 2. The van der Waals surface area contributed by atoms with Crippen LogP contribution in [0.1, 0.15) is 17.0 Å². The van der Waals surface area contributed by atoms with Gasteiger partial charge in [0.25, 0.3) is 10.0 Å². The van der Waals surface area contributed by atoms with Gasteiger partial charge in [-0.25, -0.2) is 12.8 Å². The number of sulfonamides is 1. The van der Waals surface area contributed by atoms with Crippen LogP contribution >= 0.6 is 0 Å². The molecule has 154 valence electrons. The molecule has 29 heavy (non-hydrogen) atoms. The van der Waals surface area contributed by atoms with Crippen molar-refractivity contribution < 1.29 is 22.3 Å². The second kappa shape index (κ2) is 8.12. The first-order valence-corrected chi connectivity index (χ1v) is 10.3. The Bertz CT molecular complexity index is 1130. The Morgan fingerprint density at radius 1 is 1.03 bits per heavy atom. The zero-order valence-electron chi connectivity index (χ0n) is 16.6. The summed E-state index contributed by atoms with van der Waals surface area (Å²) in [6.45, 7) is 3.89. The second-order valence-corrected chi connectivity index (χ2v) is 8.13. The van der Waals surface area contributed by atoms with Crippen LogP contribution < -0.4 is 14.2 Å². The average Bonchev–Trinajstić information content (AvgIpc) is 2.96. The normalized spacial score (nSPS) is 11.3. The minimum atomic E-state index is -3.87. The predicted octanol–water partition coefficient (Wildman–Crippen LogP) is 3.51. The third kappa shape index (κ3) is 4.34. The van der Waals surface area contributed by atoms with E-state index in [1.54, 1.807) is 30.7 Å². The van der Waals surface area contributed by atoms with Crippen LogP contribution in [0.3, 0.4) is 0 Å². The predicted molar refractivity (Wildman–Crippen MR) is 108 cm³/mol.